The van der Waals surface area contributed by atoms with Gasteiger partial charge in [-0.05, 0) is 37.2 Å². The Morgan fingerprint density at radius 3 is 2.09 bits per heavy atom. The van der Waals surface area contributed by atoms with Crippen molar-refractivity contribution in [2.24, 2.45) is 17.8 Å². The molecule has 2 aliphatic carbocycles. The lowest BCUT2D eigenvalue weighted by Gasteiger charge is -2.17. The lowest BCUT2D eigenvalue weighted by molar-refractivity contribution is -0.124. The Kier molecular flexibility index (Phi) is 6.30. The van der Waals surface area contributed by atoms with E-state index in [9.17, 15) is 4.79 Å². The molecule has 0 bridgehead atoms. The third-order valence-corrected chi connectivity index (χ3v) is 5.89. The number of Topliss-reactive ketones (excluding diaryl/α,β-unsaturated/α-hetero) is 1. The van der Waals surface area contributed by atoms with E-state index in [2.05, 4.69) is 30.3 Å². The largest absolute Gasteiger partial charge is 0.299 e. The molecular formula is C22H32O. The molecule has 0 radical (unpaired) electrons. The molecule has 0 aromatic heterocycles. The average Bonchev–Trinajstić information content (AvgIpc) is 3.35. The van der Waals surface area contributed by atoms with Crippen LogP contribution in [-0.2, 0) is 11.2 Å². The second-order valence-electron chi connectivity index (χ2n) is 7.80. The number of carbonyl (C=O) groups excluding carboxylic acids is 1. The summed E-state index contributed by atoms with van der Waals surface area (Å²) < 4.78 is 0. The molecule has 0 aliphatic heterocycles. The second-order valence-corrected chi connectivity index (χ2v) is 7.80. The van der Waals surface area contributed by atoms with E-state index in [1.165, 1.54) is 69.8 Å². The van der Waals surface area contributed by atoms with Gasteiger partial charge in [0.25, 0.3) is 0 Å². The summed E-state index contributed by atoms with van der Waals surface area (Å²) in [5.74, 6) is 2.00. The molecule has 0 N–H and O–H groups in total. The SMILES string of the molecule is O=C1[C@H](Cc2ccccc2)CCCCCCCCCC[C@H]2C[C@@H]12. The summed E-state index contributed by atoms with van der Waals surface area (Å²) in [6, 6.07) is 10.6. The normalized spacial score (nSPS) is 30.3. The summed E-state index contributed by atoms with van der Waals surface area (Å²) in [6.07, 6.45) is 15.4. The Balaban J connectivity index is 1.61. The van der Waals surface area contributed by atoms with Gasteiger partial charge in [0.1, 0.15) is 5.78 Å². The van der Waals surface area contributed by atoms with Crippen LogP contribution in [0, 0.1) is 17.8 Å². The first-order chi connectivity index (χ1) is 11.3. The summed E-state index contributed by atoms with van der Waals surface area (Å²) in [4.78, 5) is 13.0. The maximum atomic E-state index is 13.0. The zero-order valence-electron chi connectivity index (χ0n) is 14.5. The molecule has 3 rings (SSSR count). The zero-order valence-corrected chi connectivity index (χ0v) is 14.5. The predicted octanol–water partition coefficient (Wildman–Crippen LogP) is 5.97. The van der Waals surface area contributed by atoms with E-state index >= 15 is 0 Å². The third-order valence-electron chi connectivity index (χ3n) is 5.89. The van der Waals surface area contributed by atoms with E-state index in [0.717, 1.165) is 18.8 Å². The molecule has 1 heteroatoms. The van der Waals surface area contributed by atoms with Gasteiger partial charge in [-0.2, -0.15) is 0 Å². The van der Waals surface area contributed by atoms with Crippen molar-refractivity contribution in [3.63, 3.8) is 0 Å². The first kappa shape index (κ1) is 16.7. The Labute approximate surface area is 141 Å². The quantitative estimate of drug-likeness (QED) is 0.658. The van der Waals surface area contributed by atoms with Crippen molar-refractivity contribution in [1.29, 1.82) is 0 Å². The lowest BCUT2D eigenvalue weighted by Crippen LogP contribution is -2.20. The van der Waals surface area contributed by atoms with Gasteiger partial charge in [-0.1, -0.05) is 81.7 Å². The molecule has 0 amide bonds. The van der Waals surface area contributed by atoms with Crippen molar-refractivity contribution in [2.45, 2.75) is 77.0 Å². The highest BCUT2D eigenvalue weighted by Gasteiger charge is 2.44. The van der Waals surface area contributed by atoms with Crippen molar-refractivity contribution < 1.29 is 4.79 Å². The molecule has 0 spiro atoms. The van der Waals surface area contributed by atoms with Crippen LogP contribution in [0.25, 0.3) is 0 Å². The molecule has 1 aromatic rings. The molecule has 2 aliphatic rings. The number of ketones is 1. The van der Waals surface area contributed by atoms with Gasteiger partial charge in [0.2, 0.25) is 0 Å². The predicted molar refractivity (Wildman–Crippen MR) is 96.4 cm³/mol. The molecule has 2 saturated carbocycles. The fourth-order valence-corrected chi connectivity index (χ4v) is 4.32. The van der Waals surface area contributed by atoms with Crippen LogP contribution in [0.4, 0.5) is 0 Å². The summed E-state index contributed by atoms with van der Waals surface area (Å²) in [5.41, 5.74) is 1.34. The Bertz CT molecular complexity index is 478. The second kappa shape index (κ2) is 8.66. The first-order valence-electron chi connectivity index (χ1n) is 9.92. The van der Waals surface area contributed by atoms with E-state index in [4.69, 9.17) is 0 Å². The minimum atomic E-state index is 0.273. The number of hydrogen-bond donors (Lipinski definition) is 0. The van der Waals surface area contributed by atoms with E-state index in [-0.39, 0.29) is 5.92 Å². The van der Waals surface area contributed by atoms with Crippen molar-refractivity contribution in [2.75, 3.05) is 0 Å². The van der Waals surface area contributed by atoms with Gasteiger partial charge in [0.15, 0.2) is 0 Å². The topological polar surface area (TPSA) is 17.1 Å². The van der Waals surface area contributed by atoms with Crippen molar-refractivity contribution >= 4 is 5.78 Å². The molecule has 0 unspecified atom stereocenters. The third kappa shape index (κ3) is 5.19. The van der Waals surface area contributed by atoms with Gasteiger partial charge in [-0.25, -0.2) is 0 Å². The van der Waals surface area contributed by atoms with Gasteiger partial charge < -0.3 is 0 Å². The molecular weight excluding hydrogens is 280 g/mol. The van der Waals surface area contributed by atoms with Crippen LogP contribution in [0.2, 0.25) is 0 Å². The summed E-state index contributed by atoms with van der Waals surface area (Å²) in [5, 5.41) is 0. The van der Waals surface area contributed by atoms with Crippen molar-refractivity contribution in [1.82, 2.24) is 0 Å². The fraction of sp³-hybridized carbons (Fsp3) is 0.682. The molecule has 1 nitrogen and oxygen atoms in total. The first-order valence-corrected chi connectivity index (χ1v) is 9.92. The van der Waals surface area contributed by atoms with E-state index in [1.54, 1.807) is 0 Å². The molecule has 126 valence electrons. The van der Waals surface area contributed by atoms with Crippen LogP contribution in [0.3, 0.4) is 0 Å². The minimum absolute atomic E-state index is 0.273. The minimum Gasteiger partial charge on any atom is -0.299 e. The zero-order chi connectivity index (χ0) is 15.9. The number of fused-ring (bicyclic) bond motifs is 1. The van der Waals surface area contributed by atoms with Crippen molar-refractivity contribution in [3.05, 3.63) is 35.9 Å². The summed E-state index contributed by atoms with van der Waals surface area (Å²) in [7, 11) is 0. The summed E-state index contributed by atoms with van der Waals surface area (Å²) in [6.45, 7) is 0. The highest BCUT2D eigenvalue weighted by Crippen LogP contribution is 2.45. The van der Waals surface area contributed by atoms with Crippen molar-refractivity contribution in [3.8, 4) is 0 Å². The molecule has 0 saturated heterocycles. The van der Waals surface area contributed by atoms with E-state index in [0.29, 0.717) is 11.7 Å². The number of benzene rings is 1. The number of carbonyl (C=O) groups is 1. The van der Waals surface area contributed by atoms with Crippen LogP contribution in [0.15, 0.2) is 30.3 Å². The van der Waals surface area contributed by atoms with Crippen LogP contribution in [0.5, 0.6) is 0 Å². The molecule has 2 fully saturated rings. The Morgan fingerprint density at radius 2 is 1.39 bits per heavy atom. The van der Waals surface area contributed by atoms with E-state index < -0.39 is 0 Å². The van der Waals surface area contributed by atoms with Gasteiger partial charge in [-0.15, -0.1) is 0 Å². The Morgan fingerprint density at radius 1 is 0.783 bits per heavy atom. The van der Waals surface area contributed by atoms with Gasteiger partial charge in [0, 0.05) is 11.8 Å². The Hall–Kier alpha value is -1.11. The fourth-order valence-electron chi connectivity index (χ4n) is 4.32. The highest BCUT2D eigenvalue weighted by atomic mass is 16.1. The van der Waals surface area contributed by atoms with Crippen LogP contribution in [0.1, 0.15) is 76.2 Å². The number of rotatable bonds is 2. The van der Waals surface area contributed by atoms with E-state index in [1.807, 2.05) is 0 Å². The van der Waals surface area contributed by atoms with Gasteiger partial charge >= 0.3 is 0 Å². The van der Waals surface area contributed by atoms with Gasteiger partial charge in [-0.3, -0.25) is 4.79 Å². The maximum absolute atomic E-state index is 13.0. The van der Waals surface area contributed by atoms with Crippen LogP contribution < -0.4 is 0 Å². The van der Waals surface area contributed by atoms with Gasteiger partial charge in [0.05, 0.1) is 0 Å². The summed E-state index contributed by atoms with van der Waals surface area (Å²) >= 11 is 0. The average molecular weight is 312 g/mol. The standard InChI is InChI=1S/C22H32O/c23-22-20(16-18-12-8-7-9-13-18)15-11-6-4-2-1-3-5-10-14-19-17-21(19)22/h7-9,12-13,19-21H,1-6,10-11,14-17H2/t19-,20-,21+/m0/s1. The van der Waals surface area contributed by atoms with Crippen LogP contribution in [-0.4, -0.2) is 5.78 Å². The smallest absolute Gasteiger partial charge is 0.139 e. The molecule has 3 atom stereocenters. The maximum Gasteiger partial charge on any atom is 0.139 e. The lowest BCUT2D eigenvalue weighted by atomic mass is 9.87. The monoisotopic (exact) mass is 312 g/mol. The number of hydrogen-bond acceptors (Lipinski definition) is 1. The molecule has 23 heavy (non-hydrogen) atoms. The van der Waals surface area contributed by atoms with Crippen LogP contribution >= 0.6 is 0 Å². The molecule has 1 aromatic carbocycles. The molecule has 0 heterocycles. The highest BCUT2D eigenvalue weighted by molar-refractivity contribution is 5.86.